The van der Waals surface area contributed by atoms with Crippen molar-refractivity contribution in [3.8, 4) is 0 Å². The third-order valence-electron chi connectivity index (χ3n) is 3.14. The van der Waals surface area contributed by atoms with Gasteiger partial charge in [0, 0.05) is 12.7 Å². The van der Waals surface area contributed by atoms with Gasteiger partial charge in [-0.3, -0.25) is 0 Å². The van der Waals surface area contributed by atoms with Crippen LogP contribution in [0.4, 0.5) is 0 Å². The van der Waals surface area contributed by atoms with E-state index in [2.05, 4.69) is 22.1 Å². The van der Waals surface area contributed by atoms with Gasteiger partial charge in [0.1, 0.15) is 5.01 Å². The van der Waals surface area contributed by atoms with Crippen LogP contribution < -0.4 is 0 Å². The normalized spacial score (nSPS) is 12.1. The zero-order valence-corrected chi connectivity index (χ0v) is 15.9. The highest BCUT2D eigenvalue weighted by Gasteiger charge is 2.13. The quantitative estimate of drug-likeness (QED) is 0.637. The summed E-state index contributed by atoms with van der Waals surface area (Å²) in [5.41, 5.74) is 0.806. The number of rotatable bonds is 6. The van der Waals surface area contributed by atoms with Crippen LogP contribution >= 0.6 is 34.4 Å². The summed E-state index contributed by atoms with van der Waals surface area (Å²) in [5, 5.41) is 9.44. The van der Waals surface area contributed by atoms with E-state index in [1.54, 1.807) is 29.5 Å². The van der Waals surface area contributed by atoms with E-state index >= 15 is 0 Å². The van der Waals surface area contributed by atoms with Crippen LogP contribution in [-0.4, -0.2) is 29.9 Å². The molecule has 0 fully saturated rings. The van der Waals surface area contributed by atoms with Gasteiger partial charge in [-0.25, -0.2) is 13.4 Å². The molecule has 0 saturated carbocycles. The van der Waals surface area contributed by atoms with Crippen molar-refractivity contribution in [2.75, 3.05) is 6.26 Å². The molecule has 0 bridgehead atoms. The number of aryl methyl sites for hydroxylation is 1. The van der Waals surface area contributed by atoms with Crippen LogP contribution in [-0.2, 0) is 16.3 Å². The van der Waals surface area contributed by atoms with Crippen molar-refractivity contribution in [2.45, 2.75) is 39.8 Å². The number of benzene rings is 1. The maximum atomic E-state index is 11.6. The highest BCUT2D eigenvalue weighted by atomic mass is 32.2. The summed E-state index contributed by atoms with van der Waals surface area (Å²) in [6, 6.07) is 5.03. The SMILES string of the molecule is CCCCc1nnc(Sc2nc3ccc(S(C)(=O)=O)cc3s2)s1. The molecule has 2 aromatic heterocycles. The molecule has 0 aliphatic heterocycles. The number of sulfone groups is 1. The van der Waals surface area contributed by atoms with Crippen LogP contribution in [0.5, 0.6) is 0 Å². The number of thiazole rings is 1. The van der Waals surface area contributed by atoms with Crippen molar-refractivity contribution in [1.29, 1.82) is 0 Å². The van der Waals surface area contributed by atoms with E-state index in [4.69, 9.17) is 0 Å². The van der Waals surface area contributed by atoms with E-state index in [0.717, 1.165) is 43.2 Å². The van der Waals surface area contributed by atoms with Gasteiger partial charge in [-0.05, 0) is 36.4 Å². The van der Waals surface area contributed by atoms with E-state index in [1.165, 1.54) is 29.4 Å². The van der Waals surface area contributed by atoms with Crippen molar-refractivity contribution < 1.29 is 8.42 Å². The first-order valence-corrected chi connectivity index (χ1v) is 11.4. The molecule has 2 heterocycles. The molecule has 122 valence electrons. The van der Waals surface area contributed by atoms with Gasteiger partial charge in [-0.2, -0.15) is 0 Å². The molecule has 0 aliphatic carbocycles. The number of aromatic nitrogens is 3. The Hall–Kier alpha value is -1.03. The van der Waals surface area contributed by atoms with Crippen LogP contribution in [0, 0.1) is 0 Å². The Morgan fingerprint density at radius 3 is 2.74 bits per heavy atom. The van der Waals surface area contributed by atoms with Gasteiger partial charge in [0.05, 0.1) is 15.1 Å². The molecule has 0 saturated heterocycles. The van der Waals surface area contributed by atoms with Gasteiger partial charge < -0.3 is 0 Å². The van der Waals surface area contributed by atoms with E-state index in [-0.39, 0.29) is 0 Å². The molecule has 0 unspecified atom stereocenters. The maximum Gasteiger partial charge on any atom is 0.181 e. The molecular formula is C14H15N3O2S4. The summed E-state index contributed by atoms with van der Waals surface area (Å²) < 4.78 is 25.8. The molecule has 0 radical (unpaired) electrons. The topological polar surface area (TPSA) is 72.8 Å². The molecule has 3 aromatic rings. The molecule has 5 nitrogen and oxygen atoms in total. The van der Waals surface area contributed by atoms with Crippen LogP contribution in [0.25, 0.3) is 10.2 Å². The Bertz CT molecular complexity index is 931. The molecule has 3 rings (SSSR count). The van der Waals surface area contributed by atoms with Gasteiger partial charge in [0.25, 0.3) is 0 Å². The average molecular weight is 386 g/mol. The van der Waals surface area contributed by atoms with Gasteiger partial charge in [0.15, 0.2) is 18.5 Å². The summed E-state index contributed by atoms with van der Waals surface area (Å²) in [6.07, 6.45) is 4.44. The smallest absolute Gasteiger partial charge is 0.181 e. The van der Waals surface area contributed by atoms with Gasteiger partial charge in [-0.15, -0.1) is 21.5 Å². The molecule has 23 heavy (non-hydrogen) atoms. The summed E-state index contributed by atoms with van der Waals surface area (Å²) in [5.74, 6) is 0. The second kappa shape index (κ2) is 6.84. The van der Waals surface area contributed by atoms with Crippen LogP contribution in [0.3, 0.4) is 0 Å². The predicted octanol–water partition coefficient (Wildman–Crippen LogP) is 4.05. The fraction of sp³-hybridized carbons (Fsp3) is 0.357. The minimum Gasteiger partial charge on any atom is -0.229 e. The summed E-state index contributed by atoms with van der Waals surface area (Å²) in [7, 11) is -3.20. The number of unbranched alkanes of at least 4 members (excludes halogenated alkanes) is 1. The van der Waals surface area contributed by atoms with Gasteiger partial charge >= 0.3 is 0 Å². The standard InChI is InChI=1S/C14H15N3O2S4/c1-3-4-5-12-16-17-14(21-12)22-13-15-10-7-6-9(23(2,18)19)8-11(10)20-13/h6-8H,3-5H2,1-2H3. The summed E-state index contributed by atoms with van der Waals surface area (Å²) >= 11 is 4.56. The Labute approximate surface area is 147 Å². The van der Waals surface area contributed by atoms with E-state index in [1.807, 2.05) is 0 Å². The van der Waals surface area contributed by atoms with Crippen molar-refractivity contribution in [2.24, 2.45) is 0 Å². The minimum atomic E-state index is -3.20. The summed E-state index contributed by atoms with van der Waals surface area (Å²) in [4.78, 5) is 4.85. The molecule has 0 N–H and O–H groups in total. The van der Waals surface area contributed by atoms with Crippen molar-refractivity contribution in [1.82, 2.24) is 15.2 Å². The Kier molecular flexibility index (Phi) is 5.00. The van der Waals surface area contributed by atoms with E-state index in [9.17, 15) is 8.42 Å². The van der Waals surface area contributed by atoms with Crippen molar-refractivity contribution >= 4 is 54.5 Å². The number of hydrogen-bond acceptors (Lipinski definition) is 8. The lowest BCUT2D eigenvalue weighted by atomic mass is 10.3. The lowest BCUT2D eigenvalue weighted by Crippen LogP contribution is -1.95. The third kappa shape index (κ3) is 4.09. The zero-order valence-electron chi connectivity index (χ0n) is 12.6. The fourth-order valence-electron chi connectivity index (χ4n) is 1.94. The first-order valence-electron chi connectivity index (χ1n) is 7.06. The van der Waals surface area contributed by atoms with Crippen LogP contribution in [0.2, 0.25) is 0 Å². The molecule has 1 aromatic carbocycles. The van der Waals surface area contributed by atoms with E-state index in [0.29, 0.717) is 4.90 Å². The first-order chi connectivity index (χ1) is 11.0. The maximum absolute atomic E-state index is 11.6. The predicted molar refractivity (Wildman–Crippen MR) is 95.4 cm³/mol. The van der Waals surface area contributed by atoms with Gasteiger partial charge in [-0.1, -0.05) is 24.7 Å². The molecule has 9 heteroatoms. The number of nitrogens with zero attached hydrogens (tertiary/aromatic N) is 3. The summed E-state index contributed by atoms with van der Waals surface area (Å²) in [6.45, 7) is 2.16. The van der Waals surface area contributed by atoms with Crippen molar-refractivity contribution in [3.05, 3.63) is 23.2 Å². The highest BCUT2D eigenvalue weighted by Crippen LogP contribution is 2.36. The lowest BCUT2D eigenvalue weighted by molar-refractivity contribution is 0.602. The second-order valence-corrected chi connectivity index (χ2v) is 10.7. The number of fused-ring (bicyclic) bond motifs is 1. The third-order valence-corrected chi connectivity index (χ3v) is 7.36. The molecular weight excluding hydrogens is 370 g/mol. The largest absolute Gasteiger partial charge is 0.229 e. The van der Waals surface area contributed by atoms with Crippen LogP contribution in [0.15, 0.2) is 31.8 Å². The van der Waals surface area contributed by atoms with E-state index < -0.39 is 9.84 Å². The highest BCUT2D eigenvalue weighted by molar-refractivity contribution is 8.02. The molecule has 0 amide bonds. The number of hydrogen-bond donors (Lipinski definition) is 0. The lowest BCUT2D eigenvalue weighted by Gasteiger charge is -1.96. The van der Waals surface area contributed by atoms with Gasteiger partial charge in [0.2, 0.25) is 0 Å². The second-order valence-electron chi connectivity index (χ2n) is 5.05. The Morgan fingerprint density at radius 1 is 1.17 bits per heavy atom. The first kappa shape index (κ1) is 16.8. The Morgan fingerprint density at radius 2 is 2.00 bits per heavy atom. The average Bonchev–Trinajstić information content (AvgIpc) is 3.09. The molecule has 0 aliphatic rings. The minimum absolute atomic E-state index is 0.322. The fourth-order valence-corrected chi connectivity index (χ4v) is 5.91. The zero-order chi connectivity index (χ0) is 16.4. The molecule has 0 spiro atoms. The molecule has 0 atom stereocenters. The Balaban J connectivity index is 1.82. The van der Waals surface area contributed by atoms with Crippen LogP contribution in [0.1, 0.15) is 24.8 Å². The van der Waals surface area contributed by atoms with Crippen molar-refractivity contribution in [3.63, 3.8) is 0 Å². The monoisotopic (exact) mass is 385 g/mol.